The Hall–Kier alpha value is -1.91. The third-order valence-corrected chi connectivity index (χ3v) is 4.36. The lowest BCUT2D eigenvalue weighted by atomic mass is 10.1. The van der Waals surface area contributed by atoms with Crippen molar-refractivity contribution in [2.75, 3.05) is 18.4 Å². The summed E-state index contributed by atoms with van der Waals surface area (Å²) in [7, 11) is 0. The van der Waals surface area contributed by atoms with Crippen LogP contribution >= 0.6 is 11.3 Å². The van der Waals surface area contributed by atoms with E-state index in [4.69, 9.17) is 5.26 Å². The molecule has 1 aliphatic heterocycles. The normalized spacial score (nSPS) is 19.5. The summed E-state index contributed by atoms with van der Waals surface area (Å²) in [6.45, 7) is 0.652. The van der Waals surface area contributed by atoms with Gasteiger partial charge in [0.15, 0.2) is 0 Å². The van der Waals surface area contributed by atoms with Crippen molar-refractivity contribution in [2.45, 2.75) is 31.7 Å². The molecule has 112 valence electrons. The molecule has 1 saturated heterocycles. The van der Waals surface area contributed by atoms with Crippen LogP contribution in [0.3, 0.4) is 0 Å². The fourth-order valence-corrected chi connectivity index (χ4v) is 3.24. The Morgan fingerprint density at radius 3 is 3.00 bits per heavy atom. The number of carboxylic acid groups (broad SMARTS) is 1. The number of thiophene rings is 1. The van der Waals surface area contributed by atoms with Gasteiger partial charge in [-0.2, -0.15) is 5.26 Å². The molecule has 2 rings (SSSR count). The number of nitrogens with one attached hydrogen (secondary N) is 1. The molecule has 1 aromatic rings. The first-order valence-corrected chi connectivity index (χ1v) is 7.74. The number of anilines is 1. The molecule has 0 saturated carbocycles. The Labute approximate surface area is 127 Å². The van der Waals surface area contributed by atoms with Crippen LogP contribution in [0.5, 0.6) is 0 Å². The number of carbonyl (C=O) groups excluding carboxylic acids is 1. The summed E-state index contributed by atoms with van der Waals surface area (Å²) >= 11 is 1.29. The van der Waals surface area contributed by atoms with Gasteiger partial charge >= 0.3 is 5.97 Å². The molecule has 0 aliphatic carbocycles. The molecular weight excluding hydrogens is 290 g/mol. The number of likely N-dealkylation sites (tertiary alicyclic amines) is 1. The lowest BCUT2D eigenvalue weighted by Crippen LogP contribution is -2.44. The topological polar surface area (TPSA) is 93.4 Å². The molecule has 1 aliphatic rings. The molecule has 1 unspecified atom stereocenters. The van der Waals surface area contributed by atoms with Crippen LogP contribution in [0.25, 0.3) is 0 Å². The lowest BCUT2D eigenvalue weighted by molar-refractivity contribution is -0.143. The van der Waals surface area contributed by atoms with Crippen LogP contribution in [-0.4, -0.2) is 41.0 Å². The number of rotatable bonds is 4. The molecule has 0 radical (unpaired) electrons. The lowest BCUT2D eigenvalue weighted by Gasteiger charge is -2.25. The Morgan fingerprint density at radius 2 is 2.29 bits per heavy atom. The summed E-state index contributed by atoms with van der Waals surface area (Å²) in [5, 5.41) is 23.1. The summed E-state index contributed by atoms with van der Waals surface area (Å²) < 4.78 is 0. The Bertz CT molecular complexity index is 564. The zero-order valence-electron chi connectivity index (χ0n) is 11.5. The van der Waals surface area contributed by atoms with Crippen LogP contribution in [0, 0.1) is 11.3 Å². The number of hydrogen-bond donors (Lipinski definition) is 2. The summed E-state index contributed by atoms with van der Waals surface area (Å²) in [5.74, 6) is -1.15. The quantitative estimate of drug-likeness (QED) is 0.886. The van der Waals surface area contributed by atoms with Gasteiger partial charge in [0.05, 0.1) is 12.1 Å². The molecule has 21 heavy (non-hydrogen) atoms. The van der Waals surface area contributed by atoms with Crippen molar-refractivity contribution < 1.29 is 14.7 Å². The third kappa shape index (κ3) is 4.03. The SMILES string of the molecule is N#Cc1ccsc1NC(=O)CN1CCCCCC1C(=O)O. The van der Waals surface area contributed by atoms with Gasteiger partial charge in [0.25, 0.3) is 0 Å². The van der Waals surface area contributed by atoms with Crippen molar-refractivity contribution in [3.8, 4) is 6.07 Å². The van der Waals surface area contributed by atoms with E-state index in [1.165, 1.54) is 11.3 Å². The molecule has 1 fully saturated rings. The fourth-order valence-electron chi connectivity index (χ4n) is 2.48. The maximum Gasteiger partial charge on any atom is 0.320 e. The van der Waals surface area contributed by atoms with Gasteiger partial charge in [-0.3, -0.25) is 14.5 Å². The minimum absolute atomic E-state index is 0.0414. The van der Waals surface area contributed by atoms with E-state index in [1.807, 2.05) is 6.07 Å². The van der Waals surface area contributed by atoms with Crippen LogP contribution in [-0.2, 0) is 9.59 Å². The maximum atomic E-state index is 12.1. The van der Waals surface area contributed by atoms with Crippen molar-refractivity contribution >= 4 is 28.2 Å². The molecule has 7 heteroatoms. The van der Waals surface area contributed by atoms with Gasteiger partial charge in [0.2, 0.25) is 5.91 Å². The first kappa shape index (κ1) is 15.5. The van der Waals surface area contributed by atoms with Crippen molar-refractivity contribution in [1.29, 1.82) is 5.26 Å². The minimum Gasteiger partial charge on any atom is -0.480 e. The molecule has 0 spiro atoms. The highest BCUT2D eigenvalue weighted by Crippen LogP contribution is 2.22. The Balaban J connectivity index is 2.00. The highest BCUT2D eigenvalue weighted by Gasteiger charge is 2.28. The number of carbonyl (C=O) groups is 2. The molecule has 2 N–H and O–H groups in total. The molecule has 0 aromatic carbocycles. The number of carboxylic acids is 1. The summed E-state index contributed by atoms with van der Waals surface area (Å²) in [6.07, 6.45) is 3.34. The molecule has 0 bridgehead atoms. The van der Waals surface area contributed by atoms with E-state index in [-0.39, 0.29) is 12.5 Å². The molecule has 6 nitrogen and oxygen atoms in total. The second-order valence-electron chi connectivity index (χ2n) is 5.00. The Morgan fingerprint density at radius 1 is 1.48 bits per heavy atom. The standard InChI is InChI=1S/C14H17N3O3S/c15-8-10-5-7-21-13(10)16-12(18)9-17-6-3-1-2-4-11(17)14(19)20/h5,7,11H,1-4,6,9H2,(H,16,18)(H,19,20). The largest absolute Gasteiger partial charge is 0.480 e. The molecule has 1 atom stereocenters. The highest BCUT2D eigenvalue weighted by atomic mass is 32.1. The van der Waals surface area contributed by atoms with Gasteiger partial charge in [0, 0.05) is 0 Å². The predicted molar refractivity (Wildman–Crippen MR) is 79.1 cm³/mol. The van der Waals surface area contributed by atoms with E-state index in [0.29, 0.717) is 23.5 Å². The average Bonchev–Trinajstić information content (AvgIpc) is 2.75. The van der Waals surface area contributed by atoms with Gasteiger partial charge < -0.3 is 10.4 Å². The van der Waals surface area contributed by atoms with Crippen molar-refractivity contribution in [1.82, 2.24) is 4.90 Å². The number of nitriles is 1. The number of amides is 1. The van der Waals surface area contributed by atoms with Crippen LogP contribution in [0.1, 0.15) is 31.2 Å². The van der Waals surface area contributed by atoms with E-state index in [2.05, 4.69) is 5.32 Å². The monoisotopic (exact) mass is 307 g/mol. The van der Waals surface area contributed by atoms with Gasteiger partial charge in [0.1, 0.15) is 17.1 Å². The summed E-state index contributed by atoms with van der Waals surface area (Å²) in [6, 6.07) is 3.05. The summed E-state index contributed by atoms with van der Waals surface area (Å²) in [4.78, 5) is 25.1. The van der Waals surface area contributed by atoms with E-state index in [0.717, 1.165) is 19.3 Å². The second-order valence-corrected chi connectivity index (χ2v) is 5.91. The number of hydrogen-bond acceptors (Lipinski definition) is 5. The van der Waals surface area contributed by atoms with Gasteiger partial charge in [-0.15, -0.1) is 11.3 Å². The Kier molecular flexibility index (Phi) is 5.31. The first-order chi connectivity index (χ1) is 10.1. The van der Waals surface area contributed by atoms with Crippen molar-refractivity contribution in [2.24, 2.45) is 0 Å². The minimum atomic E-state index is -0.876. The third-order valence-electron chi connectivity index (χ3n) is 3.53. The first-order valence-electron chi connectivity index (χ1n) is 6.86. The zero-order chi connectivity index (χ0) is 15.2. The van der Waals surface area contributed by atoms with Gasteiger partial charge in [-0.1, -0.05) is 12.8 Å². The smallest absolute Gasteiger partial charge is 0.320 e. The number of aliphatic carboxylic acids is 1. The van der Waals surface area contributed by atoms with Crippen LogP contribution in [0.15, 0.2) is 11.4 Å². The van der Waals surface area contributed by atoms with Crippen LogP contribution in [0.4, 0.5) is 5.00 Å². The molecule has 1 aromatic heterocycles. The van der Waals surface area contributed by atoms with Crippen molar-refractivity contribution in [3.63, 3.8) is 0 Å². The molecule has 1 amide bonds. The van der Waals surface area contributed by atoms with E-state index >= 15 is 0 Å². The van der Waals surface area contributed by atoms with E-state index in [1.54, 1.807) is 16.3 Å². The molecule has 2 heterocycles. The highest BCUT2D eigenvalue weighted by molar-refractivity contribution is 7.14. The number of nitrogens with zero attached hydrogens (tertiary/aromatic N) is 2. The van der Waals surface area contributed by atoms with Crippen LogP contribution in [0.2, 0.25) is 0 Å². The second kappa shape index (κ2) is 7.20. The van der Waals surface area contributed by atoms with E-state index in [9.17, 15) is 14.7 Å². The van der Waals surface area contributed by atoms with Crippen LogP contribution < -0.4 is 5.32 Å². The maximum absolute atomic E-state index is 12.1. The average molecular weight is 307 g/mol. The predicted octanol–water partition coefficient (Wildman–Crippen LogP) is 1.89. The fraction of sp³-hybridized carbons (Fsp3) is 0.500. The van der Waals surface area contributed by atoms with E-state index < -0.39 is 12.0 Å². The summed E-state index contributed by atoms with van der Waals surface area (Å²) in [5.41, 5.74) is 0.430. The zero-order valence-corrected chi connectivity index (χ0v) is 12.4. The van der Waals surface area contributed by atoms with Gasteiger partial charge in [-0.25, -0.2) is 0 Å². The van der Waals surface area contributed by atoms with Crippen molar-refractivity contribution in [3.05, 3.63) is 17.0 Å². The van der Waals surface area contributed by atoms with Gasteiger partial charge in [-0.05, 0) is 30.8 Å². The molecular formula is C14H17N3O3S.